The van der Waals surface area contributed by atoms with Gasteiger partial charge in [-0.15, -0.1) is 11.8 Å². The van der Waals surface area contributed by atoms with E-state index >= 15 is 0 Å². The van der Waals surface area contributed by atoms with E-state index in [1.807, 2.05) is 30.3 Å². The van der Waals surface area contributed by atoms with Crippen molar-refractivity contribution in [2.75, 3.05) is 12.3 Å². The summed E-state index contributed by atoms with van der Waals surface area (Å²) in [4.78, 5) is 26.0. The number of amides is 1. The van der Waals surface area contributed by atoms with Crippen LogP contribution in [0.25, 0.3) is 0 Å². The number of nitrogens with zero attached hydrogens (tertiary/aromatic N) is 1. The van der Waals surface area contributed by atoms with Crippen LogP contribution in [0.4, 0.5) is 0 Å². The van der Waals surface area contributed by atoms with Crippen molar-refractivity contribution in [1.29, 1.82) is 0 Å². The Bertz CT molecular complexity index is 692. The Morgan fingerprint density at radius 3 is 2.72 bits per heavy atom. The van der Waals surface area contributed by atoms with Gasteiger partial charge in [-0.1, -0.05) is 30.3 Å². The molecule has 0 aliphatic carbocycles. The first kappa shape index (κ1) is 18.0. The minimum atomic E-state index is -1.09. The number of aliphatic hydroxyl groups is 1. The van der Waals surface area contributed by atoms with Crippen LogP contribution in [0.5, 0.6) is 0 Å². The molecule has 0 spiro atoms. The zero-order chi connectivity index (χ0) is 18.0. The third kappa shape index (κ3) is 3.44. The quantitative estimate of drug-likeness (QED) is 0.600. The number of β-lactam (4-membered cyclic amide) rings is 1. The number of benzene rings is 1. The highest BCUT2D eigenvalue weighted by Crippen LogP contribution is 2.47. The van der Waals surface area contributed by atoms with Crippen LogP contribution in [0.3, 0.4) is 0 Å². The molecule has 3 atom stereocenters. The summed E-state index contributed by atoms with van der Waals surface area (Å²) in [6, 6.07) is 9.55. The van der Waals surface area contributed by atoms with Gasteiger partial charge < -0.3 is 20.8 Å². The predicted molar refractivity (Wildman–Crippen MR) is 95.7 cm³/mol. The normalized spacial score (nSPS) is 23.4. The van der Waals surface area contributed by atoms with E-state index in [0.717, 1.165) is 5.56 Å². The van der Waals surface area contributed by atoms with Crippen LogP contribution < -0.4 is 5.73 Å². The van der Waals surface area contributed by atoms with E-state index < -0.39 is 18.0 Å². The van der Waals surface area contributed by atoms with Gasteiger partial charge in [0.25, 0.3) is 0 Å². The predicted octanol–water partition coefficient (Wildman–Crippen LogP) is 1.20. The summed E-state index contributed by atoms with van der Waals surface area (Å²) in [6.45, 7) is 0.447. The Morgan fingerprint density at radius 2 is 2.08 bits per heavy atom. The maximum absolute atomic E-state index is 12.5. The van der Waals surface area contributed by atoms with E-state index in [-0.39, 0.29) is 17.6 Å². The van der Waals surface area contributed by atoms with Crippen LogP contribution in [0.1, 0.15) is 18.4 Å². The maximum Gasteiger partial charge on any atom is 0.353 e. The molecule has 1 fully saturated rings. The van der Waals surface area contributed by atoms with Gasteiger partial charge in [-0.2, -0.15) is 0 Å². The Balaban J connectivity index is 1.65. The Labute approximate surface area is 150 Å². The van der Waals surface area contributed by atoms with Gasteiger partial charge in [-0.05, 0) is 18.4 Å². The minimum Gasteiger partial charge on any atom is -0.477 e. The lowest BCUT2D eigenvalue weighted by Gasteiger charge is -2.45. The zero-order valence-corrected chi connectivity index (χ0v) is 14.6. The molecule has 3 rings (SSSR count). The van der Waals surface area contributed by atoms with Crippen molar-refractivity contribution in [3.05, 3.63) is 46.5 Å². The van der Waals surface area contributed by atoms with Crippen molar-refractivity contribution < 1.29 is 19.8 Å². The number of hydrogen-bond donors (Lipinski definition) is 3. The molecule has 25 heavy (non-hydrogen) atoms. The molecule has 0 bridgehead atoms. The van der Waals surface area contributed by atoms with Gasteiger partial charge in [0.05, 0.1) is 18.1 Å². The summed E-state index contributed by atoms with van der Waals surface area (Å²) in [7, 11) is 0. The molecule has 1 amide bonds. The molecule has 2 aliphatic rings. The van der Waals surface area contributed by atoms with E-state index in [9.17, 15) is 19.8 Å². The molecule has 1 saturated heterocycles. The lowest BCUT2D eigenvalue weighted by molar-refractivity contribution is -0.162. The number of hydrogen-bond acceptors (Lipinski definition) is 5. The summed E-state index contributed by atoms with van der Waals surface area (Å²) in [5, 5.41) is 19.9. The smallest absolute Gasteiger partial charge is 0.353 e. The van der Waals surface area contributed by atoms with Crippen molar-refractivity contribution in [3.63, 3.8) is 0 Å². The van der Waals surface area contributed by atoms with Gasteiger partial charge in [0.15, 0.2) is 0 Å². The molecule has 134 valence electrons. The van der Waals surface area contributed by atoms with Gasteiger partial charge in [0.2, 0.25) is 5.91 Å². The zero-order valence-electron chi connectivity index (χ0n) is 13.8. The van der Waals surface area contributed by atoms with Gasteiger partial charge >= 0.3 is 5.97 Å². The van der Waals surface area contributed by atoms with Crippen LogP contribution in [-0.4, -0.2) is 51.4 Å². The Kier molecular flexibility index (Phi) is 5.46. The van der Waals surface area contributed by atoms with Crippen LogP contribution in [0, 0.1) is 5.92 Å². The minimum absolute atomic E-state index is 0.0694. The standard InChI is InChI=1S/C18H22N2O4S/c19-8-9-25-14-10-12-15(17(22)20(12)16(14)18(23)24)13(21)7-6-11-4-2-1-3-5-11/h1-5,12-13,15,21H,6-10,19H2,(H,23,24)/t12-,13-,15+/m1/s1. The van der Waals surface area contributed by atoms with Gasteiger partial charge in [-0.25, -0.2) is 4.79 Å². The van der Waals surface area contributed by atoms with E-state index in [1.165, 1.54) is 16.7 Å². The highest BCUT2D eigenvalue weighted by Gasteiger charge is 2.57. The van der Waals surface area contributed by atoms with E-state index in [1.54, 1.807) is 0 Å². The molecule has 2 heterocycles. The van der Waals surface area contributed by atoms with Crippen LogP contribution in [-0.2, 0) is 16.0 Å². The van der Waals surface area contributed by atoms with Crippen molar-refractivity contribution in [2.24, 2.45) is 11.7 Å². The molecule has 2 aliphatic heterocycles. The molecule has 4 N–H and O–H groups in total. The fourth-order valence-electron chi connectivity index (χ4n) is 3.57. The topological polar surface area (TPSA) is 104 Å². The lowest BCUT2D eigenvalue weighted by Crippen LogP contribution is -2.62. The number of fused-ring (bicyclic) bond motifs is 1. The van der Waals surface area contributed by atoms with E-state index in [0.29, 0.717) is 36.5 Å². The second kappa shape index (κ2) is 7.59. The molecule has 0 unspecified atom stereocenters. The largest absolute Gasteiger partial charge is 0.477 e. The number of thioether (sulfide) groups is 1. The van der Waals surface area contributed by atoms with Gasteiger partial charge in [-0.3, -0.25) is 4.79 Å². The van der Waals surface area contributed by atoms with Crippen molar-refractivity contribution in [2.45, 2.75) is 31.4 Å². The van der Waals surface area contributed by atoms with Crippen LogP contribution >= 0.6 is 11.8 Å². The first-order chi connectivity index (χ1) is 12.0. The number of carboxylic acids is 1. The second-order valence-electron chi connectivity index (χ2n) is 6.31. The number of carboxylic acid groups (broad SMARTS) is 1. The summed E-state index contributed by atoms with van der Waals surface area (Å²) in [5.41, 5.74) is 6.68. The molecule has 0 radical (unpaired) electrons. The molecule has 6 nitrogen and oxygen atoms in total. The summed E-state index contributed by atoms with van der Waals surface area (Å²) < 4.78 is 0. The third-order valence-electron chi connectivity index (χ3n) is 4.75. The molecule has 0 saturated carbocycles. The number of aryl methyl sites for hydroxylation is 1. The SMILES string of the molecule is NCCSC1=C(C(=O)O)N2C(=O)[C@H]([C@H](O)CCc3ccccc3)[C@H]2C1. The van der Waals surface area contributed by atoms with Crippen molar-refractivity contribution in [1.82, 2.24) is 4.90 Å². The monoisotopic (exact) mass is 362 g/mol. The maximum atomic E-state index is 12.5. The molecule has 7 heteroatoms. The van der Waals surface area contributed by atoms with E-state index in [2.05, 4.69) is 0 Å². The number of carbonyl (C=O) groups is 2. The fourth-order valence-corrected chi connectivity index (χ4v) is 4.55. The summed E-state index contributed by atoms with van der Waals surface area (Å²) in [5.74, 6) is -1.28. The number of nitrogens with two attached hydrogens (primary N) is 1. The number of aliphatic hydroxyl groups excluding tert-OH is 1. The van der Waals surface area contributed by atoms with Gasteiger partial charge in [0.1, 0.15) is 5.70 Å². The molecular formula is C18H22N2O4S. The highest BCUT2D eigenvalue weighted by molar-refractivity contribution is 8.03. The van der Waals surface area contributed by atoms with Crippen LogP contribution in [0.2, 0.25) is 0 Å². The molecule has 0 aromatic heterocycles. The fraction of sp³-hybridized carbons (Fsp3) is 0.444. The summed E-state index contributed by atoms with van der Waals surface area (Å²) in [6.07, 6.45) is 0.902. The molecule has 1 aromatic rings. The average Bonchev–Trinajstić information content (AvgIpc) is 2.93. The average molecular weight is 362 g/mol. The number of rotatable bonds is 8. The second-order valence-corrected chi connectivity index (χ2v) is 7.50. The first-order valence-electron chi connectivity index (χ1n) is 8.39. The van der Waals surface area contributed by atoms with Gasteiger partial charge in [0, 0.05) is 23.6 Å². The first-order valence-corrected chi connectivity index (χ1v) is 9.37. The Hall–Kier alpha value is -1.83. The highest BCUT2D eigenvalue weighted by atomic mass is 32.2. The molecular weight excluding hydrogens is 340 g/mol. The van der Waals surface area contributed by atoms with Crippen molar-refractivity contribution in [3.8, 4) is 0 Å². The Morgan fingerprint density at radius 1 is 1.36 bits per heavy atom. The number of aliphatic carboxylic acids is 1. The third-order valence-corrected chi connectivity index (χ3v) is 5.90. The van der Waals surface area contributed by atoms with Crippen LogP contribution in [0.15, 0.2) is 40.9 Å². The number of carbonyl (C=O) groups excluding carboxylic acids is 1. The van der Waals surface area contributed by atoms with Crippen molar-refractivity contribution >= 4 is 23.6 Å². The lowest BCUT2D eigenvalue weighted by atomic mass is 9.81. The summed E-state index contributed by atoms with van der Waals surface area (Å²) >= 11 is 1.39. The van der Waals surface area contributed by atoms with E-state index in [4.69, 9.17) is 5.73 Å². The molecule has 1 aromatic carbocycles.